The number of rotatable bonds is 9. The van der Waals surface area contributed by atoms with E-state index in [4.69, 9.17) is 10.5 Å². The van der Waals surface area contributed by atoms with Crippen molar-refractivity contribution < 1.29 is 13.5 Å². The first-order valence-electron chi connectivity index (χ1n) is 7.48. The molecule has 0 aliphatic heterocycles. The number of halogens is 2. The Hall–Kier alpha value is -1.04. The fourth-order valence-corrected chi connectivity index (χ4v) is 2.76. The largest absolute Gasteiger partial charge is 0.383 e. The van der Waals surface area contributed by atoms with E-state index < -0.39 is 11.6 Å². The van der Waals surface area contributed by atoms with E-state index in [1.54, 1.807) is 7.11 Å². The third-order valence-electron chi connectivity index (χ3n) is 3.91. The smallest absolute Gasteiger partial charge is 0.130 e. The average molecular weight is 300 g/mol. The molecule has 0 saturated carbocycles. The van der Waals surface area contributed by atoms with Crippen LogP contribution in [0, 0.1) is 11.6 Å². The molecule has 120 valence electrons. The number of hydrogen-bond acceptors (Lipinski definition) is 3. The van der Waals surface area contributed by atoms with Crippen LogP contribution in [0.1, 0.15) is 38.3 Å². The average Bonchev–Trinajstić information content (AvgIpc) is 2.47. The number of nitrogens with two attached hydrogens (primary N) is 1. The van der Waals surface area contributed by atoms with Crippen LogP contribution in [0.3, 0.4) is 0 Å². The van der Waals surface area contributed by atoms with E-state index >= 15 is 0 Å². The van der Waals surface area contributed by atoms with E-state index in [2.05, 4.69) is 18.7 Å². The molecule has 0 spiro atoms. The van der Waals surface area contributed by atoms with Crippen LogP contribution in [0.25, 0.3) is 0 Å². The maximum Gasteiger partial charge on any atom is 0.130 e. The highest BCUT2D eigenvalue weighted by molar-refractivity contribution is 5.23. The molecule has 0 amide bonds. The minimum atomic E-state index is -0.571. The Morgan fingerprint density at radius 3 is 2.38 bits per heavy atom. The Morgan fingerprint density at radius 1 is 1.24 bits per heavy atom. The highest BCUT2D eigenvalue weighted by atomic mass is 19.1. The van der Waals surface area contributed by atoms with Crippen molar-refractivity contribution in [2.75, 3.05) is 26.8 Å². The van der Waals surface area contributed by atoms with Crippen molar-refractivity contribution in [1.29, 1.82) is 0 Å². The van der Waals surface area contributed by atoms with Gasteiger partial charge >= 0.3 is 0 Å². The van der Waals surface area contributed by atoms with E-state index in [1.165, 1.54) is 12.1 Å². The topological polar surface area (TPSA) is 38.5 Å². The van der Waals surface area contributed by atoms with Gasteiger partial charge in [-0.25, -0.2) is 8.78 Å². The van der Waals surface area contributed by atoms with Gasteiger partial charge in [-0.2, -0.15) is 0 Å². The first-order valence-corrected chi connectivity index (χ1v) is 7.48. The highest BCUT2D eigenvalue weighted by Crippen LogP contribution is 2.27. The van der Waals surface area contributed by atoms with E-state index in [9.17, 15) is 8.78 Å². The van der Waals surface area contributed by atoms with Crippen molar-refractivity contribution in [2.24, 2.45) is 5.73 Å². The molecule has 21 heavy (non-hydrogen) atoms. The molecule has 3 nitrogen and oxygen atoms in total. The number of ether oxygens (including phenoxy) is 1. The molecule has 1 aromatic rings. The minimum Gasteiger partial charge on any atom is -0.383 e. The predicted molar refractivity (Wildman–Crippen MR) is 81.1 cm³/mol. The van der Waals surface area contributed by atoms with E-state index in [0.29, 0.717) is 18.7 Å². The minimum absolute atomic E-state index is 0.273. The van der Waals surface area contributed by atoms with Gasteiger partial charge in [0.2, 0.25) is 0 Å². The van der Waals surface area contributed by atoms with Crippen molar-refractivity contribution in [1.82, 2.24) is 4.90 Å². The molecule has 1 rings (SSSR count). The van der Waals surface area contributed by atoms with E-state index in [1.807, 2.05) is 0 Å². The normalized spacial score (nSPS) is 13.1. The summed E-state index contributed by atoms with van der Waals surface area (Å²) in [4.78, 5) is 2.17. The lowest BCUT2D eigenvalue weighted by Gasteiger charge is -2.37. The molecular weight excluding hydrogens is 274 g/mol. The number of hydrogen-bond donors (Lipinski definition) is 1. The first kappa shape index (κ1) is 18.0. The van der Waals surface area contributed by atoms with Crippen LogP contribution in [0.5, 0.6) is 0 Å². The molecule has 0 aromatic heterocycles. The number of nitrogens with zero attached hydrogens (tertiary/aromatic N) is 1. The maximum atomic E-state index is 14.1. The van der Waals surface area contributed by atoms with Crippen LogP contribution >= 0.6 is 0 Å². The van der Waals surface area contributed by atoms with Crippen LogP contribution in [0.2, 0.25) is 0 Å². The summed E-state index contributed by atoms with van der Waals surface area (Å²) >= 11 is 0. The SMILES string of the molecule is CCC(CC)N(CCOC)C(CN)c1ccc(F)cc1F. The summed E-state index contributed by atoms with van der Waals surface area (Å²) in [7, 11) is 1.64. The van der Waals surface area contributed by atoms with Gasteiger partial charge in [-0.1, -0.05) is 19.9 Å². The Labute approximate surface area is 126 Å². The summed E-state index contributed by atoms with van der Waals surface area (Å²) < 4.78 is 32.3. The zero-order valence-corrected chi connectivity index (χ0v) is 13.1. The molecule has 0 fully saturated rings. The molecule has 0 aliphatic rings. The van der Waals surface area contributed by atoms with Crippen LogP contribution in [0.4, 0.5) is 8.78 Å². The van der Waals surface area contributed by atoms with E-state index in [-0.39, 0.29) is 18.6 Å². The zero-order chi connectivity index (χ0) is 15.8. The van der Waals surface area contributed by atoms with Crippen LogP contribution < -0.4 is 5.73 Å². The fourth-order valence-electron chi connectivity index (χ4n) is 2.76. The Morgan fingerprint density at radius 2 is 1.90 bits per heavy atom. The molecule has 0 aliphatic carbocycles. The summed E-state index contributed by atoms with van der Waals surface area (Å²) in [6.45, 7) is 5.70. The first-order chi connectivity index (χ1) is 10.1. The molecule has 0 radical (unpaired) electrons. The van der Waals surface area contributed by atoms with Gasteiger partial charge in [-0.15, -0.1) is 0 Å². The summed E-state index contributed by atoms with van der Waals surface area (Å²) in [5, 5.41) is 0. The monoisotopic (exact) mass is 300 g/mol. The summed E-state index contributed by atoms with van der Waals surface area (Å²) in [5.41, 5.74) is 6.33. The van der Waals surface area contributed by atoms with Gasteiger partial charge in [0.15, 0.2) is 0 Å². The van der Waals surface area contributed by atoms with E-state index in [0.717, 1.165) is 18.9 Å². The van der Waals surface area contributed by atoms with Crippen molar-refractivity contribution in [3.8, 4) is 0 Å². The third kappa shape index (κ3) is 4.73. The Balaban J connectivity index is 3.09. The molecular formula is C16H26F2N2O. The van der Waals surface area contributed by atoms with Crippen molar-refractivity contribution in [2.45, 2.75) is 38.8 Å². The number of methoxy groups -OCH3 is 1. The zero-order valence-electron chi connectivity index (χ0n) is 13.1. The summed E-state index contributed by atoms with van der Waals surface area (Å²) in [6.07, 6.45) is 1.89. The van der Waals surface area contributed by atoms with Gasteiger partial charge in [-0.05, 0) is 18.9 Å². The molecule has 0 saturated heterocycles. The van der Waals surface area contributed by atoms with Crippen LogP contribution in [-0.4, -0.2) is 37.7 Å². The lowest BCUT2D eigenvalue weighted by atomic mass is 10.00. The van der Waals surface area contributed by atoms with Crippen molar-refractivity contribution in [3.63, 3.8) is 0 Å². The van der Waals surface area contributed by atoms with Gasteiger partial charge < -0.3 is 10.5 Å². The highest BCUT2D eigenvalue weighted by Gasteiger charge is 2.26. The van der Waals surface area contributed by atoms with Gasteiger partial charge in [0.25, 0.3) is 0 Å². The second-order valence-corrected chi connectivity index (χ2v) is 5.12. The second kappa shape index (κ2) is 9.07. The summed E-state index contributed by atoms with van der Waals surface area (Å²) in [6, 6.07) is 3.70. The second-order valence-electron chi connectivity index (χ2n) is 5.12. The van der Waals surface area contributed by atoms with Gasteiger partial charge in [0, 0.05) is 37.9 Å². The molecule has 1 atom stereocenters. The van der Waals surface area contributed by atoms with Gasteiger partial charge in [0.05, 0.1) is 12.6 Å². The summed E-state index contributed by atoms with van der Waals surface area (Å²) in [5.74, 6) is -1.11. The molecule has 5 heteroatoms. The third-order valence-corrected chi connectivity index (χ3v) is 3.91. The van der Waals surface area contributed by atoms with Gasteiger partial charge in [-0.3, -0.25) is 4.90 Å². The molecule has 1 aromatic carbocycles. The molecule has 1 unspecified atom stereocenters. The van der Waals surface area contributed by atoms with Crippen LogP contribution in [-0.2, 0) is 4.74 Å². The number of benzene rings is 1. The molecule has 0 heterocycles. The lowest BCUT2D eigenvalue weighted by molar-refractivity contribution is 0.0803. The maximum absolute atomic E-state index is 14.1. The quantitative estimate of drug-likeness (QED) is 0.761. The van der Waals surface area contributed by atoms with Crippen molar-refractivity contribution >= 4 is 0 Å². The van der Waals surface area contributed by atoms with Gasteiger partial charge in [0.1, 0.15) is 11.6 Å². The Kier molecular flexibility index (Phi) is 7.78. The Bertz CT molecular complexity index is 425. The molecule has 0 bridgehead atoms. The van der Waals surface area contributed by atoms with Crippen molar-refractivity contribution in [3.05, 3.63) is 35.4 Å². The van der Waals surface area contributed by atoms with Crippen LogP contribution in [0.15, 0.2) is 18.2 Å². The lowest BCUT2D eigenvalue weighted by Crippen LogP contribution is -2.43. The fraction of sp³-hybridized carbons (Fsp3) is 0.625. The molecule has 2 N–H and O–H groups in total. The predicted octanol–water partition coefficient (Wildman–Crippen LogP) is 3.10. The standard InChI is InChI=1S/C16H26F2N2O/c1-4-13(5-2)20(8-9-21-3)16(11-19)14-7-6-12(17)10-15(14)18/h6-7,10,13,16H,4-5,8-9,11,19H2,1-3H3.